The molecule has 138 valence electrons. The van der Waals surface area contributed by atoms with Crippen LogP contribution in [-0.4, -0.2) is 23.2 Å². The predicted octanol–water partition coefficient (Wildman–Crippen LogP) is 5.02. The zero-order valence-corrected chi connectivity index (χ0v) is 17.1. The molecule has 5 nitrogen and oxygen atoms in total. The van der Waals surface area contributed by atoms with E-state index in [2.05, 4.69) is 90.5 Å². The Hall–Kier alpha value is -2.73. The zero-order chi connectivity index (χ0) is 19.2. The van der Waals surface area contributed by atoms with Crippen molar-refractivity contribution in [2.45, 2.75) is 33.1 Å². The minimum Gasteiger partial charge on any atom is -0.347 e. The van der Waals surface area contributed by atoms with Crippen molar-refractivity contribution < 1.29 is 0 Å². The van der Waals surface area contributed by atoms with Gasteiger partial charge in [-0.2, -0.15) is 5.10 Å². The number of aryl methyl sites for hydroxylation is 2. The molecule has 0 aliphatic carbocycles. The maximum Gasteiger partial charge on any atom is 0.158 e. The average molecular weight is 378 g/mol. The van der Waals surface area contributed by atoms with Crippen molar-refractivity contribution in [1.29, 1.82) is 0 Å². The highest BCUT2D eigenvalue weighted by Crippen LogP contribution is 2.46. The van der Waals surface area contributed by atoms with Crippen LogP contribution in [0.15, 0.2) is 47.5 Å². The van der Waals surface area contributed by atoms with Crippen LogP contribution in [0.2, 0.25) is 0 Å². The van der Waals surface area contributed by atoms with Crippen LogP contribution in [-0.2, 0) is 5.41 Å². The highest BCUT2D eigenvalue weighted by molar-refractivity contribution is 7.18. The molecule has 1 aliphatic rings. The Balaban J connectivity index is 1.60. The number of fused-ring (bicyclic) bond motifs is 2. The lowest BCUT2D eigenvalue weighted by molar-refractivity contribution is 0.641. The van der Waals surface area contributed by atoms with Crippen LogP contribution in [0.5, 0.6) is 0 Å². The smallest absolute Gasteiger partial charge is 0.158 e. The largest absolute Gasteiger partial charge is 0.347 e. The van der Waals surface area contributed by atoms with E-state index in [0.29, 0.717) is 0 Å². The normalized spacial score (nSPS) is 17.2. The summed E-state index contributed by atoms with van der Waals surface area (Å²) in [5, 5.41) is 5.46. The molecular weight excluding hydrogens is 354 g/mol. The van der Waals surface area contributed by atoms with Gasteiger partial charge in [-0.1, -0.05) is 32.0 Å². The maximum absolute atomic E-state index is 4.40. The Labute approximate surface area is 163 Å². The molecule has 0 atom stereocenters. The van der Waals surface area contributed by atoms with Crippen LogP contribution in [0, 0.1) is 13.8 Å². The summed E-state index contributed by atoms with van der Waals surface area (Å²) in [5.74, 6) is 0.749. The summed E-state index contributed by atoms with van der Waals surface area (Å²) in [7, 11) is 2.10. The summed E-state index contributed by atoms with van der Waals surface area (Å²) in [6.07, 6.45) is 5.46. The Morgan fingerprint density at radius 3 is 2.74 bits per heavy atom. The molecule has 1 N–H and O–H groups in total. The molecule has 0 saturated carbocycles. The number of anilines is 2. The molecule has 0 fully saturated rings. The second-order valence-corrected chi connectivity index (χ2v) is 8.53. The first kappa shape index (κ1) is 17.7. The van der Waals surface area contributed by atoms with E-state index in [1.54, 1.807) is 17.7 Å². The van der Waals surface area contributed by atoms with Gasteiger partial charge >= 0.3 is 0 Å². The molecule has 3 heterocycles. The lowest BCUT2D eigenvalue weighted by Gasteiger charge is -2.23. The first-order valence-electron chi connectivity index (χ1n) is 8.95. The number of benzene rings is 1. The van der Waals surface area contributed by atoms with Crippen molar-refractivity contribution in [3.05, 3.63) is 58.4 Å². The van der Waals surface area contributed by atoms with E-state index in [4.69, 9.17) is 0 Å². The van der Waals surface area contributed by atoms with E-state index in [-0.39, 0.29) is 5.41 Å². The first-order valence-corrected chi connectivity index (χ1v) is 9.76. The number of hydrogen-bond donors (Lipinski definition) is 1. The van der Waals surface area contributed by atoms with Crippen LogP contribution in [0.25, 0.3) is 10.2 Å². The lowest BCUT2D eigenvalue weighted by Crippen LogP contribution is -2.23. The number of nitrogens with one attached hydrogen (secondary N) is 1. The minimum atomic E-state index is -0.0550. The van der Waals surface area contributed by atoms with Gasteiger partial charge in [0.05, 0.1) is 5.39 Å². The molecular formula is C21H23N5S. The van der Waals surface area contributed by atoms with Gasteiger partial charge in [-0.25, -0.2) is 9.97 Å². The summed E-state index contributed by atoms with van der Waals surface area (Å²) in [6, 6.07) is 8.53. The third kappa shape index (κ3) is 2.80. The lowest BCUT2D eigenvalue weighted by atomic mass is 9.84. The second-order valence-electron chi connectivity index (χ2n) is 7.33. The van der Waals surface area contributed by atoms with Crippen LogP contribution < -0.4 is 10.3 Å². The van der Waals surface area contributed by atoms with Crippen LogP contribution in [0.4, 0.5) is 11.5 Å². The van der Waals surface area contributed by atoms with Gasteiger partial charge in [0.2, 0.25) is 0 Å². The van der Waals surface area contributed by atoms with E-state index in [1.165, 1.54) is 27.4 Å². The van der Waals surface area contributed by atoms with Crippen molar-refractivity contribution in [1.82, 2.24) is 9.97 Å². The van der Waals surface area contributed by atoms with E-state index in [1.807, 2.05) is 6.21 Å². The van der Waals surface area contributed by atoms with Crippen molar-refractivity contribution in [3.8, 4) is 0 Å². The molecule has 0 bridgehead atoms. The molecule has 4 rings (SSSR count). The van der Waals surface area contributed by atoms with Crippen molar-refractivity contribution in [2.24, 2.45) is 5.10 Å². The minimum absolute atomic E-state index is 0.0550. The van der Waals surface area contributed by atoms with E-state index >= 15 is 0 Å². The number of hydrogen-bond acceptors (Lipinski definition) is 6. The first-order chi connectivity index (χ1) is 12.9. The van der Waals surface area contributed by atoms with Crippen LogP contribution in [0.3, 0.4) is 0 Å². The standard InChI is InChI=1S/C21H23N5S/c1-13-14(2)27-20-18(13)19(22-12-23-20)25-24-11-10-17-21(3,4)15-8-6-7-9-16(15)26(17)5/h6-12H,1-5H3,(H,22,23,25)/b17-10-,24-11-. The summed E-state index contributed by atoms with van der Waals surface area (Å²) in [4.78, 5) is 13.2. The molecule has 27 heavy (non-hydrogen) atoms. The van der Waals surface area contributed by atoms with Crippen molar-refractivity contribution in [3.63, 3.8) is 0 Å². The number of para-hydroxylation sites is 1. The summed E-state index contributed by atoms with van der Waals surface area (Å²) >= 11 is 1.68. The predicted molar refractivity (Wildman–Crippen MR) is 115 cm³/mol. The Bertz CT molecular complexity index is 1080. The van der Waals surface area contributed by atoms with Crippen molar-refractivity contribution in [2.75, 3.05) is 17.4 Å². The number of nitrogens with zero attached hydrogens (tertiary/aromatic N) is 4. The molecule has 6 heteroatoms. The summed E-state index contributed by atoms with van der Waals surface area (Å²) in [6.45, 7) is 8.69. The van der Waals surface area contributed by atoms with Crippen LogP contribution >= 0.6 is 11.3 Å². The Morgan fingerprint density at radius 1 is 1.19 bits per heavy atom. The molecule has 0 saturated heterocycles. The monoisotopic (exact) mass is 377 g/mol. The fourth-order valence-electron chi connectivity index (χ4n) is 3.78. The molecule has 2 aromatic heterocycles. The molecule has 1 aliphatic heterocycles. The van der Waals surface area contributed by atoms with Crippen molar-refractivity contribution >= 4 is 39.3 Å². The van der Waals surface area contributed by atoms with Gasteiger partial charge in [0.25, 0.3) is 0 Å². The highest BCUT2D eigenvalue weighted by Gasteiger charge is 2.37. The van der Waals surface area contributed by atoms with Crippen LogP contribution in [0.1, 0.15) is 29.9 Å². The maximum atomic E-state index is 4.40. The number of hydrazone groups is 1. The highest BCUT2D eigenvalue weighted by atomic mass is 32.1. The van der Waals surface area contributed by atoms with E-state index in [9.17, 15) is 0 Å². The topological polar surface area (TPSA) is 53.4 Å². The SMILES string of the molecule is Cc1sc2ncnc(N/N=C\C=C3/N(C)c4ccccc4C3(C)C)c2c1C. The zero-order valence-electron chi connectivity index (χ0n) is 16.2. The van der Waals surface area contributed by atoms with Gasteiger partial charge in [-0.15, -0.1) is 11.3 Å². The van der Waals surface area contributed by atoms with E-state index in [0.717, 1.165) is 16.0 Å². The number of thiophene rings is 1. The third-order valence-electron chi connectivity index (χ3n) is 5.38. The Morgan fingerprint density at radius 2 is 1.96 bits per heavy atom. The van der Waals surface area contributed by atoms with Gasteiger partial charge in [-0.05, 0) is 37.1 Å². The molecule has 0 spiro atoms. The van der Waals surface area contributed by atoms with Gasteiger partial charge < -0.3 is 4.90 Å². The molecule has 0 unspecified atom stereocenters. The molecule has 0 amide bonds. The Kier molecular flexibility index (Phi) is 4.23. The van der Waals surface area contributed by atoms with E-state index < -0.39 is 0 Å². The summed E-state index contributed by atoms with van der Waals surface area (Å²) < 4.78 is 0. The number of aromatic nitrogens is 2. The van der Waals surface area contributed by atoms with Gasteiger partial charge in [0.15, 0.2) is 5.82 Å². The third-order valence-corrected chi connectivity index (χ3v) is 6.50. The summed E-state index contributed by atoms with van der Waals surface area (Å²) in [5.41, 5.74) is 8.04. The fourth-order valence-corrected chi connectivity index (χ4v) is 4.77. The molecule has 3 aromatic rings. The average Bonchev–Trinajstić information content (AvgIpc) is 3.05. The van der Waals surface area contributed by atoms with Gasteiger partial charge in [0.1, 0.15) is 11.2 Å². The quantitative estimate of drug-likeness (QED) is 0.514. The number of rotatable bonds is 3. The fraction of sp³-hybridized carbons (Fsp3) is 0.286. The number of likely N-dealkylation sites (N-methyl/N-ethyl adjacent to an activating group) is 1. The van der Waals surface area contributed by atoms with Gasteiger partial charge in [0, 0.05) is 34.9 Å². The second kappa shape index (κ2) is 6.46. The number of allylic oxidation sites excluding steroid dienone is 2. The van der Waals surface area contributed by atoms with Gasteiger partial charge in [-0.3, -0.25) is 5.43 Å². The molecule has 1 aromatic carbocycles. The molecule has 0 radical (unpaired) electrons.